The van der Waals surface area contributed by atoms with Crippen LogP contribution in [0.4, 0.5) is 0 Å². The average Bonchev–Trinajstić information content (AvgIpc) is 2.66. The van der Waals surface area contributed by atoms with Crippen molar-refractivity contribution in [1.29, 1.82) is 0 Å². The fraction of sp³-hybridized carbons (Fsp3) is 0.381. The van der Waals surface area contributed by atoms with Crippen molar-refractivity contribution in [2.24, 2.45) is 0 Å². The zero-order chi connectivity index (χ0) is 21.8. The van der Waals surface area contributed by atoms with Crippen LogP contribution in [0.15, 0.2) is 41.3 Å². The van der Waals surface area contributed by atoms with Crippen molar-refractivity contribution in [1.82, 2.24) is 9.62 Å². The van der Waals surface area contributed by atoms with E-state index >= 15 is 0 Å². The highest BCUT2D eigenvalue weighted by Gasteiger charge is 2.25. The average molecular weight is 421 g/mol. The molecular weight excluding hydrogens is 392 g/mol. The van der Waals surface area contributed by atoms with Crippen LogP contribution in [-0.4, -0.2) is 46.4 Å². The van der Waals surface area contributed by atoms with Gasteiger partial charge in [0.1, 0.15) is 0 Å². The molecule has 0 saturated heterocycles. The van der Waals surface area contributed by atoms with Crippen LogP contribution in [0.25, 0.3) is 0 Å². The van der Waals surface area contributed by atoms with Crippen molar-refractivity contribution in [3.8, 4) is 11.5 Å². The molecule has 0 heterocycles. The normalized spacial score (nSPS) is 12.5. The summed E-state index contributed by atoms with van der Waals surface area (Å²) in [5, 5.41) is 2.86. The molecule has 0 fully saturated rings. The maximum Gasteiger partial charge on any atom is 0.243 e. The van der Waals surface area contributed by atoms with Crippen LogP contribution < -0.4 is 14.8 Å². The summed E-state index contributed by atoms with van der Waals surface area (Å²) >= 11 is 0. The lowest BCUT2D eigenvalue weighted by atomic mass is 10.0. The topological polar surface area (TPSA) is 84.9 Å². The van der Waals surface area contributed by atoms with Crippen molar-refractivity contribution in [3.63, 3.8) is 0 Å². The SMILES string of the molecule is COc1ccc(S(=O)(=O)N(C)CC(=O)N[C@@H](C)c2ccc(C)cc2C)cc1OC. The third-order valence-corrected chi connectivity index (χ3v) is 6.50. The summed E-state index contributed by atoms with van der Waals surface area (Å²) < 4.78 is 37.0. The molecule has 29 heavy (non-hydrogen) atoms. The monoisotopic (exact) mass is 420 g/mol. The minimum absolute atomic E-state index is 0.0212. The van der Waals surface area contributed by atoms with E-state index in [0.29, 0.717) is 11.5 Å². The minimum Gasteiger partial charge on any atom is -0.493 e. The predicted molar refractivity (Wildman–Crippen MR) is 112 cm³/mol. The van der Waals surface area contributed by atoms with Gasteiger partial charge < -0.3 is 14.8 Å². The number of hydrogen-bond acceptors (Lipinski definition) is 5. The van der Waals surface area contributed by atoms with E-state index in [4.69, 9.17) is 9.47 Å². The Hall–Kier alpha value is -2.58. The van der Waals surface area contributed by atoms with Crippen LogP contribution in [0.1, 0.15) is 29.7 Å². The van der Waals surface area contributed by atoms with E-state index in [1.807, 2.05) is 39.0 Å². The summed E-state index contributed by atoms with van der Waals surface area (Å²) in [5.74, 6) is 0.341. The quantitative estimate of drug-likeness (QED) is 0.710. The van der Waals surface area contributed by atoms with Gasteiger partial charge in [0.05, 0.1) is 31.7 Å². The number of sulfonamides is 1. The zero-order valence-electron chi connectivity index (χ0n) is 17.6. The highest BCUT2D eigenvalue weighted by molar-refractivity contribution is 7.89. The number of likely N-dealkylation sites (N-methyl/N-ethyl adjacent to an activating group) is 1. The van der Waals surface area contributed by atoms with Crippen molar-refractivity contribution in [3.05, 3.63) is 53.1 Å². The van der Waals surface area contributed by atoms with Gasteiger partial charge in [-0.3, -0.25) is 4.79 Å². The van der Waals surface area contributed by atoms with Gasteiger partial charge in [-0.05, 0) is 44.0 Å². The minimum atomic E-state index is -3.87. The maximum atomic E-state index is 12.8. The Bertz CT molecular complexity index is 989. The van der Waals surface area contributed by atoms with Crippen LogP contribution in [0, 0.1) is 13.8 Å². The molecule has 0 aromatic heterocycles. The van der Waals surface area contributed by atoms with Gasteiger partial charge >= 0.3 is 0 Å². The first-order chi connectivity index (χ1) is 13.6. The molecule has 158 valence electrons. The molecule has 1 atom stereocenters. The fourth-order valence-corrected chi connectivity index (χ4v) is 4.26. The molecule has 0 aliphatic heterocycles. The van der Waals surface area contributed by atoms with E-state index < -0.39 is 10.0 Å². The molecule has 0 aliphatic carbocycles. The Kier molecular flexibility index (Phi) is 7.26. The Morgan fingerprint density at radius 2 is 1.72 bits per heavy atom. The summed E-state index contributed by atoms with van der Waals surface area (Å²) in [4.78, 5) is 12.5. The number of methoxy groups -OCH3 is 2. The van der Waals surface area contributed by atoms with E-state index in [1.165, 1.54) is 39.5 Å². The van der Waals surface area contributed by atoms with Gasteiger partial charge in [-0.15, -0.1) is 0 Å². The molecule has 0 bridgehead atoms. The van der Waals surface area contributed by atoms with Crippen molar-refractivity contribution < 1.29 is 22.7 Å². The number of ether oxygens (including phenoxy) is 2. The number of carbonyl (C=O) groups is 1. The van der Waals surface area contributed by atoms with E-state index in [1.54, 1.807) is 0 Å². The number of nitrogens with one attached hydrogen (secondary N) is 1. The smallest absolute Gasteiger partial charge is 0.243 e. The van der Waals surface area contributed by atoms with Crippen LogP contribution in [0.3, 0.4) is 0 Å². The molecular formula is C21H28N2O5S. The number of nitrogens with zero attached hydrogens (tertiary/aromatic N) is 1. The Morgan fingerprint density at radius 1 is 1.07 bits per heavy atom. The van der Waals surface area contributed by atoms with Crippen LogP contribution >= 0.6 is 0 Å². The predicted octanol–water partition coefficient (Wildman–Crippen LogP) is 2.82. The lowest BCUT2D eigenvalue weighted by Gasteiger charge is -2.21. The first-order valence-corrected chi connectivity index (χ1v) is 10.6. The Labute approximate surface area is 172 Å². The maximum absolute atomic E-state index is 12.8. The zero-order valence-corrected chi connectivity index (χ0v) is 18.5. The highest BCUT2D eigenvalue weighted by atomic mass is 32.2. The van der Waals surface area contributed by atoms with E-state index in [-0.39, 0.29) is 23.4 Å². The molecule has 2 aromatic carbocycles. The van der Waals surface area contributed by atoms with Gasteiger partial charge in [0.15, 0.2) is 11.5 Å². The Morgan fingerprint density at radius 3 is 2.31 bits per heavy atom. The van der Waals surface area contributed by atoms with Gasteiger partial charge in [0, 0.05) is 13.1 Å². The summed E-state index contributed by atoms with van der Waals surface area (Å²) in [6, 6.07) is 10.1. The molecule has 2 aromatic rings. The van der Waals surface area contributed by atoms with Crippen LogP contribution in [0.5, 0.6) is 11.5 Å². The number of hydrogen-bond donors (Lipinski definition) is 1. The van der Waals surface area contributed by atoms with Crippen molar-refractivity contribution in [2.75, 3.05) is 27.8 Å². The molecule has 0 spiro atoms. The van der Waals surface area contributed by atoms with Gasteiger partial charge in [-0.25, -0.2) is 8.42 Å². The third-order valence-electron chi connectivity index (χ3n) is 4.70. The third kappa shape index (κ3) is 5.27. The second-order valence-electron chi connectivity index (χ2n) is 6.93. The van der Waals surface area contributed by atoms with Crippen molar-refractivity contribution >= 4 is 15.9 Å². The van der Waals surface area contributed by atoms with Gasteiger partial charge in [-0.2, -0.15) is 4.31 Å². The highest BCUT2D eigenvalue weighted by Crippen LogP contribution is 2.30. The first-order valence-electron chi connectivity index (χ1n) is 9.15. The molecule has 1 amide bonds. The Balaban J connectivity index is 2.11. The summed E-state index contributed by atoms with van der Waals surface area (Å²) in [6.07, 6.45) is 0. The molecule has 8 heteroatoms. The lowest BCUT2D eigenvalue weighted by Crippen LogP contribution is -2.39. The van der Waals surface area contributed by atoms with Gasteiger partial charge in [0.25, 0.3) is 0 Å². The van der Waals surface area contributed by atoms with Crippen LogP contribution in [-0.2, 0) is 14.8 Å². The first kappa shape index (κ1) is 22.7. The van der Waals surface area contributed by atoms with Gasteiger partial charge in [0.2, 0.25) is 15.9 Å². The second-order valence-corrected chi connectivity index (χ2v) is 8.97. The molecule has 0 aliphatic rings. The standard InChI is InChI=1S/C21H28N2O5S/c1-14-7-9-18(15(2)11-14)16(3)22-21(24)13-23(4)29(25,26)17-8-10-19(27-5)20(12-17)28-6/h7-12,16H,13H2,1-6H3,(H,22,24)/t16-/m0/s1. The number of rotatable bonds is 8. The van der Waals surface area contributed by atoms with E-state index in [2.05, 4.69) is 5.32 Å². The van der Waals surface area contributed by atoms with Gasteiger partial charge in [-0.1, -0.05) is 23.8 Å². The summed E-state index contributed by atoms with van der Waals surface area (Å²) in [7, 11) is 0.402. The number of aryl methyl sites for hydroxylation is 2. The largest absolute Gasteiger partial charge is 0.493 e. The lowest BCUT2D eigenvalue weighted by molar-refractivity contribution is -0.121. The molecule has 0 radical (unpaired) electrons. The summed E-state index contributed by atoms with van der Waals surface area (Å²) in [5.41, 5.74) is 3.21. The van der Waals surface area contributed by atoms with E-state index in [0.717, 1.165) is 21.0 Å². The number of amides is 1. The van der Waals surface area contributed by atoms with Crippen molar-refractivity contribution in [2.45, 2.75) is 31.7 Å². The molecule has 7 nitrogen and oxygen atoms in total. The fourth-order valence-electron chi connectivity index (χ4n) is 3.12. The number of benzene rings is 2. The molecule has 1 N–H and O–H groups in total. The molecule has 0 saturated carbocycles. The van der Waals surface area contributed by atoms with Crippen LogP contribution in [0.2, 0.25) is 0 Å². The molecule has 2 rings (SSSR count). The second kappa shape index (κ2) is 9.28. The molecule has 0 unspecified atom stereocenters. The van der Waals surface area contributed by atoms with E-state index in [9.17, 15) is 13.2 Å². The number of carbonyl (C=O) groups excluding carboxylic acids is 1. The summed E-state index contributed by atoms with van der Waals surface area (Å²) in [6.45, 7) is 5.57.